The van der Waals surface area contributed by atoms with Crippen LogP contribution < -0.4 is 10.6 Å². The molecule has 1 saturated heterocycles. The minimum atomic E-state index is -0.256. The lowest BCUT2D eigenvalue weighted by atomic mass is 9.80. The van der Waals surface area contributed by atoms with Crippen molar-refractivity contribution >= 4 is 0 Å². The van der Waals surface area contributed by atoms with Crippen LogP contribution in [0.25, 0.3) is 0 Å². The van der Waals surface area contributed by atoms with Crippen LogP contribution in [-0.4, -0.2) is 25.2 Å². The third-order valence-electron chi connectivity index (χ3n) is 3.59. The van der Waals surface area contributed by atoms with Crippen LogP contribution in [0.4, 0.5) is 0 Å². The topological polar surface area (TPSA) is 47.9 Å². The zero-order chi connectivity index (χ0) is 10.0. The Labute approximate surface area is 85.9 Å². The van der Waals surface area contributed by atoms with Crippen molar-refractivity contribution in [1.82, 2.24) is 10.6 Å². The predicted molar refractivity (Wildman–Crippen MR) is 55.7 cm³/mol. The maximum Gasteiger partial charge on any atom is 0.111 e. The Hall–Kier alpha value is -0.590. The average molecular weight is 193 g/mol. The van der Waals surface area contributed by atoms with E-state index in [1.54, 1.807) is 0 Å². The Balaban J connectivity index is 1.95. The van der Waals surface area contributed by atoms with Crippen molar-refractivity contribution in [2.75, 3.05) is 19.6 Å². The molecule has 2 rings (SSSR count). The summed E-state index contributed by atoms with van der Waals surface area (Å²) in [6.45, 7) is 5.13. The summed E-state index contributed by atoms with van der Waals surface area (Å²) in [5.41, 5.74) is -0.256. The van der Waals surface area contributed by atoms with E-state index in [4.69, 9.17) is 0 Å². The highest BCUT2D eigenvalue weighted by Gasteiger charge is 2.39. The Bertz CT molecular complexity index is 241. The van der Waals surface area contributed by atoms with Gasteiger partial charge in [0.2, 0.25) is 0 Å². The van der Waals surface area contributed by atoms with Crippen LogP contribution in [0.3, 0.4) is 0 Å². The van der Waals surface area contributed by atoms with Crippen LogP contribution in [0.5, 0.6) is 0 Å². The Morgan fingerprint density at radius 2 is 2.36 bits per heavy atom. The Morgan fingerprint density at radius 3 is 2.93 bits per heavy atom. The van der Waals surface area contributed by atoms with Gasteiger partial charge in [0.1, 0.15) is 5.54 Å². The molecule has 3 heteroatoms. The summed E-state index contributed by atoms with van der Waals surface area (Å²) in [6, 6.07) is 2.50. The Morgan fingerprint density at radius 1 is 1.57 bits per heavy atom. The van der Waals surface area contributed by atoms with Crippen molar-refractivity contribution in [1.29, 1.82) is 5.26 Å². The first-order valence-electron chi connectivity index (χ1n) is 5.64. The predicted octanol–water partition coefficient (Wildman–Crippen LogP) is 0.878. The Kier molecular flexibility index (Phi) is 2.76. The zero-order valence-electron chi connectivity index (χ0n) is 8.84. The van der Waals surface area contributed by atoms with Gasteiger partial charge in [0.05, 0.1) is 6.07 Å². The van der Waals surface area contributed by atoms with E-state index in [-0.39, 0.29) is 5.54 Å². The van der Waals surface area contributed by atoms with E-state index in [1.807, 2.05) is 0 Å². The van der Waals surface area contributed by atoms with Gasteiger partial charge in [-0.2, -0.15) is 5.26 Å². The normalized spacial score (nSPS) is 37.9. The van der Waals surface area contributed by atoms with Gasteiger partial charge < -0.3 is 5.32 Å². The molecule has 1 heterocycles. The molecule has 0 aromatic heterocycles. The molecular formula is C11H19N3. The lowest BCUT2D eigenvalue weighted by Crippen LogP contribution is -2.57. The monoisotopic (exact) mass is 193 g/mol. The van der Waals surface area contributed by atoms with Gasteiger partial charge in [0, 0.05) is 12.5 Å². The highest BCUT2D eigenvalue weighted by atomic mass is 15.0. The number of rotatable bonds is 3. The van der Waals surface area contributed by atoms with Gasteiger partial charge in [-0.15, -0.1) is 0 Å². The quantitative estimate of drug-likeness (QED) is 0.699. The van der Waals surface area contributed by atoms with E-state index in [0.717, 1.165) is 32.0 Å². The van der Waals surface area contributed by atoms with Crippen molar-refractivity contribution < 1.29 is 0 Å². The molecule has 2 atom stereocenters. The van der Waals surface area contributed by atoms with Crippen molar-refractivity contribution in [3.8, 4) is 6.07 Å². The van der Waals surface area contributed by atoms with E-state index in [1.165, 1.54) is 12.8 Å². The number of hydrogen-bond acceptors (Lipinski definition) is 3. The number of nitriles is 1. The van der Waals surface area contributed by atoms with Crippen LogP contribution >= 0.6 is 0 Å². The molecule has 2 unspecified atom stereocenters. The molecule has 3 nitrogen and oxygen atoms in total. The van der Waals surface area contributed by atoms with Gasteiger partial charge in [0.25, 0.3) is 0 Å². The third-order valence-corrected chi connectivity index (χ3v) is 3.59. The summed E-state index contributed by atoms with van der Waals surface area (Å²) in [5.74, 6) is 1.27. The summed E-state index contributed by atoms with van der Waals surface area (Å²) in [6.07, 6.45) is 3.64. The molecule has 2 fully saturated rings. The molecule has 2 aliphatic rings. The summed E-state index contributed by atoms with van der Waals surface area (Å²) in [7, 11) is 0. The van der Waals surface area contributed by atoms with Crippen LogP contribution in [0.2, 0.25) is 0 Å². The lowest BCUT2D eigenvalue weighted by Gasteiger charge is -2.38. The van der Waals surface area contributed by atoms with Gasteiger partial charge in [-0.1, -0.05) is 6.92 Å². The van der Waals surface area contributed by atoms with Crippen molar-refractivity contribution in [2.45, 2.75) is 31.7 Å². The molecule has 0 aromatic rings. The molecule has 14 heavy (non-hydrogen) atoms. The average Bonchev–Trinajstić information content (AvgIpc) is 3.01. The van der Waals surface area contributed by atoms with Crippen LogP contribution in [0, 0.1) is 23.2 Å². The maximum absolute atomic E-state index is 9.30. The fourth-order valence-corrected chi connectivity index (χ4v) is 2.14. The largest absolute Gasteiger partial charge is 0.316 e. The highest BCUT2D eigenvalue weighted by molar-refractivity contribution is 5.12. The first-order valence-corrected chi connectivity index (χ1v) is 5.64. The van der Waals surface area contributed by atoms with Gasteiger partial charge >= 0.3 is 0 Å². The molecule has 0 radical (unpaired) electrons. The van der Waals surface area contributed by atoms with Gasteiger partial charge in [-0.05, 0) is 38.3 Å². The summed E-state index contributed by atoms with van der Waals surface area (Å²) < 4.78 is 0. The van der Waals surface area contributed by atoms with Gasteiger partial charge in [-0.3, -0.25) is 5.32 Å². The standard InChI is InChI=1S/C11H19N3/c1-9-6-13-5-4-11(9,8-12)14-7-10-2-3-10/h9-10,13-14H,2-7H2,1H3. The number of hydrogen-bond donors (Lipinski definition) is 2. The summed E-state index contributed by atoms with van der Waals surface area (Å²) in [5, 5.41) is 16.1. The minimum Gasteiger partial charge on any atom is -0.316 e. The molecule has 0 bridgehead atoms. The van der Waals surface area contributed by atoms with Crippen molar-refractivity contribution in [3.63, 3.8) is 0 Å². The molecule has 78 valence electrons. The first kappa shape index (κ1) is 9.95. The van der Waals surface area contributed by atoms with E-state index >= 15 is 0 Å². The van der Waals surface area contributed by atoms with Gasteiger partial charge in [0.15, 0.2) is 0 Å². The molecule has 0 spiro atoms. The summed E-state index contributed by atoms with van der Waals surface area (Å²) in [4.78, 5) is 0. The van der Waals surface area contributed by atoms with Gasteiger partial charge in [-0.25, -0.2) is 0 Å². The van der Waals surface area contributed by atoms with Crippen LogP contribution in [0.1, 0.15) is 26.2 Å². The van der Waals surface area contributed by atoms with Crippen LogP contribution in [0.15, 0.2) is 0 Å². The van der Waals surface area contributed by atoms with Crippen LogP contribution in [-0.2, 0) is 0 Å². The second-order valence-electron chi connectivity index (χ2n) is 4.76. The number of nitrogens with zero attached hydrogens (tertiary/aromatic N) is 1. The second-order valence-corrected chi connectivity index (χ2v) is 4.76. The van der Waals surface area contributed by atoms with Crippen molar-refractivity contribution in [3.05, 3.63) is 0 Å². The molecule has 2 N–H and O–H groups in total. The number of piperidine rings is 1. The molecular weight excluding hydrogens is 174 g/mol. The summed E-state index contributed by atoms with van der Waals surface area (Å²) >= 11 is 0. The highest BCUT2D eigenvalue weighted by Crippen LogP contribution is 2.30. The van der Waals surface area contributed by atoms with E-state index in [9.17, 15) is 5.26 Å². The number of nitrogens with one attached hydrogen (secondary N) is 2. The van der Waals surface area contributed by atoms with E-state index in [0.29, 0.717) is 5.92 Å². The maximum atomic E-state index is 9.30. The smallest absolute Gasteiger partial charge is 0.111 e. The van der Waals surface area contributed by atoms with E-state index in [2.05, 4.69) is 23.6 Å². The lowest BCUT2D eigenvalue weighted by molar-refractivity contribution is 0.225. The molecule has 0 aromatic carbocycles. The zero-order valence-corrected chi connectivity index (χ0v) is 8.84. The van der Waals surface area contributed by atoms with E-state index < -0.39 is 0 Å². The third kappa shape index (κ3) is 1.92. The molecule has 1 saturated carbocycles. The van der Waals surface area contributed by atoms with Crippen molar-refractivity contribution in [2.24, 2.45) is 11.8 Å². The minimum absolute atomic E-state index is 0.256. The fraction of sp³-hybridized carbons (Fsp3) is 0.909. The second kappa shape index (κ2) is 3.88. The molecule has 1 aliphatic carbocycles. The first-order chi connectivity index (χ1) is 6.77. The molecule has 0 amide bonds. The SMILES string of the molecule is CC1CNCCC1(C#N)NCC1CC1. The molecule has 1 aliphatic heterocycles. The fourth-order valence-electron chi connectivity index (χ4n) is 2.14.